The number of halogens is 2. The molecule has 20 heavy (non-hydrogen) atoms. The van der Waals surface area contributed by atoms with Crippen molar-refractivity contribution in [2.45, 2.75) is 13.3 Å². The summed E-state index contributed by atoms with van der Waals surface area (Å²) < 4.78 is 0. The van der Waals surface area contributed by atoms with Gasteiger partial charge in [-0.25, -0.2) is 0 Å². The molecule has 2 aromatic rings. The molecule has 102 valence electrons. The second-order valence-electron chi connectivity index (χ2n) is 4.54. The topological polar surface area (TPSA) is 17.1 Å². The molecule has 3 heteroatoms. The van der Waals surface area contributed by atoms with Gasteiger partial charge in [-0.1, -0.05) is 53.5 Å². The molecule has 0 unspecified atom stereocenters. The molecule has 2 rings (SSSR count). The second kappa shape index (κ2) is 6.74. The summed E-state index contributed by atoms with van der Waals surface area (Å²) in [5, 5.41) is 1.38. The average molecular weight is 305 g/mol. The summed E-state index contributed by atoms with van der Waals surface area (Å²) >= 11 is 11.8. The minimum absolute atomic E-state index is 0.130. The molecule has 0 amide bonds. The summed E-state index contributed by atoms with van der Waals surface area (Å²) in [6, 6.07) is 15.2. The number of allylic oxidation sites excluding steroid dienone is 1. The highest BCUT2D eigenvalue weighted by Gasteiger charge is 2.06. The fourth-order valence-electron chi connectivity index (χ4n) is 1.91. The third-order valence-corrected chi connectivity index (χ3v) is 3.41. The molecule has 0 fully saturated rings. The lowest BCUT2D eigenvalue weighted by Crippen LogP contribution is -1.91. The van der Waals surface area contributed by atoms with Crippen LogP contribution in [0.2, 0.25) is 10.0 Å². The van der Waals surface area contributed by atoms with Crippen molar-refractivity contribution in [1.82, 2.24) is 0 Å². The Hall–Kier alpha value is -1.57. The number of hydrogen-bond acceptors (Lipinski definition) is 1. The van der Waals surface area contributed by atoms with Crippen LogP contribution >= 0.6 is 23.2 Å². The van der Waals surface area contributed by atoms with Crippen LogP contribution in [0, 0.1) is 0 Å². The first-order valence-corrected chi connectivity index (χ1v) is 7.03. The van der Waals surface area contributed by atoms with E-state index in [1.807, 2.05) is 54.6 Å². The first-order valence-electron chi connectivity index (χ1n) is 6.28. The van der Waals surface area contributed by atoms with Gasteiger partial charge in [0, 0.05) is 16.5 Å². The largest absolute Gasteiger partial charge is 0.300 e. The van der Waals surface area contributed by atoms with Crippen molar-refractivity contribution in [2.75, 3.05) is 0 Å². The van der Waals surface area contributed by atoms with Crippen LogP contribution < -0.4 is 0 Å². The van der Waals surface area contributed by atoms with Crippen LogP contribution in [0.5, 0.6) is 0 Å². The lowest BCUT2D eigenvalue weighted by Gasteiger charge is -2.09. The minimum Gasteiger partial charge on any atom is -0.300 e. The van der Waals surface area contributed by atoms with Gasteiger partial charge in [0.1, 0.15) is 5.78 Å². The maximum atomic E-state index is 11.2. The monoisotopic (exact) mass is 304 g/mol. The molecule has 0 aliphatic carbocycles. The van der Waals surface area contributed by atoms with E-state index < -0.39 is 0 Å². The number of carbonyl (C=O) groups is 1. The zero-order chi connectivity index (χ0) is 14.5. The van der Waals surface area contributed by atoms with E-state index in [0.29, 0.717) is 16.5 Å². The van der Waals surface area contributed by atoms with Gasteiger partial charge in [-0.2, -0.15) is 0 Å². The summed E-state index contributed by atoms with van der Waals surface area (Å²) in [5.41, 5.74) is 3.06. The fraction of sp³-hybridized carbons (Fsp3) is 0.118. The van der Waals surface area contributed by atoms with E-state index in [9.17, 15) is 4.79 Å². The molecule has 0 aliphatic heterocycles. The Morgan fingerprint density at radius 2 is 1.30 bits per heavy atom. The van der Waals surface area contributed by atoms with E-state index in [-0.39, 0.29) is 5.78 Å². The molecule has 1 nitrogen and oxygen atoms in total. The van der Waals surface area contributed by atoms with Crippen molar-refractivity contribution in [3.05, 3.63) is 75.8 Å². The van der Waals surface area contributed by atoms with Crippen molar-refractivity contribution >= 4 is 34.6 Å². The lowest BCUT2D eigenvalue weighted by molar-refractivity contribution is -0.116. The van der Waals surface area contributed by atoms with Gasteiger partial charge in [0.05, 0.1) is 0 Å². The number of ketones is 1. The summed E-state index contributed by atoms with van der Waals surface area (Å²) in [4.78, 5) is 11.2. The van der Waals surface area contributed by atoms with E-state index in [2.05, 4.69) is 0 Å². The Balaban J connectivity index is 2.44. The Bertz CT molecular complexity index is 578. The molecule has 0 heterocycles. The Labute approximate surface area is 128 Å². The average Bonchev–Trinajstić information content (AvgIpc) is 2.42. The van der Waals surface area contributed by atoms with Gasteiger partial charge in [-0.05, 0) is 47.9 Å². The van der Waals surface area contributed by atoms with Crippen molar-refractivity contribution in [1.29, 1.82) is 0 Å². The van der Waals surface area contributed by atoms with Crippen LogP contribution in [-0.2, 0) is 4.79 Å². The maximum Gasteiger partial charge on any atom is 0.133 e. The predicted octanol–water partition coefficient (Wildman–Crippen LogP) is 5.40. The number of benzene rings is 2. The number of carbonyl (C=O) groups excluding carboxylic acids is 1. The van der Waals surface area contributed by atoms with Gasteiger partial charge in [-0.3, -0.25) is 4.79 Å². The Morgan fingerprint density at radius 3 is 1.65 bits per heavy atom. The molecule has 0 saturated carbocycles. The van der Waals surface area contributed by atoms with Crippen molar-refractivity contribution < 1.29 is 4.79 Å². The number of rotatable bonds is 4. The SMILES string of the molecule is CC(=O)CC=C(c1ccc(Cl)cc1)c1ccc(Cl)cc1. The molecule has 0 atom stereocenters. The molecule has 0 aromatic heterocycles. The Morgan fingerprint density at radius 1 is 0.900 bits per heavy atom. The van der Waals surface area contributed by atoms with Gasteiger partial charge in [0.25, 0.3) is 0 Å². The van der Waals surface area contributed by atoms with Gasteiger partial charge < -0.3 is 0 Å². The molecular formula is C17H14Cl2O. The van der Waals surface area contributed by atoms with Crippen LogP contribution in [0.25, 0.3) is 5.57 Å². The zero-order valence-electron chi connectivity index (χ0n) is 11.1. The highest BCUT2D eigenvalue weighted by Crippen LogP contribution is 2.26. The van der Waals surface area contributed by atoms with Gasteiger partial charge in [0.15, 0.2) is 0 Å². The van der Waals surface area contributed by atoms with E-state index >= 15 is 0 Å². The first kappa shape index (κ1) is 14.8. The molecule has 0 radical (unpaired) electrons. The van der Waals surface area contributed by atoms with E-state index in [4.69, 9.17) is 23.2 Å². The maximum absolute atomic E-state index is 11.2. The second-order valence-corrected chi connectivity index (χ2v) is 5.41. The molecule has 0 bridgehead atoms. The summed E-state index contributed by atoms with van der Waals surface area (Å²) in [7, 11) is 0. The van der Waals surface area contributed by atoms with Crippen LogP contribution in [-0.4, -0.2) is 5.78 Å². The van der Waals surface area contributed by atoms with E-state index in [0.717, 1.165) is 16.7 Å². The van der Waals surface area contributed by atoms with Crippen LogP contribution in [0.4, 0.5) is 0 Å². The van der Waals surface area contributed by atoms with Gasteiger partial charge in [-0.15, -0.1) is 0 Å². The molecular weight excluding hydrogens is 291 g/mol. The fourth-order valence-corrected chi connectivity index (χ4v) is 2.16. The number of Topliss-reactive ketones (excluding diaryl/α,β-unsaturated/α-hetero) is 1. The van der Waals surface area contributed by atoms with Gasteiger partial charge in [0.2, 0.25) is 0 Å². The van der Waals surface area contributed by atoms with Crippen LogP contribution in [0.3, 0.4) is 0 Å². The standard InChI is InChI=1S/C17H14Cl2O/c1-12(20)2-11-17(13-3-7-15(18)8-4-13)14-5-9-16(19)10-6-14/h3-11H,2H2,1H3. The first-order chi connectivity index (χ1) is 9.56. The normalized spacial score (nSPS) is 10.2. The minimum atomic E-state index is 0.130. The van der Waals surface area contributed by atoms with E-state index in [1.54, 1.807) is 6.92 Å². The molecule has 0 aliphatic rings. The van der Waals surface area contributed by atoms with Crippen molar-refractivity contribution in [2.24, 2.45) is 0 Å². The summed E-state index contributed by atoms with van der Waals surface area (Å²) in [6.45, 7) is 1.58. The Kier molecular flexibility index (Phi) is 4.99. The number of hydrogen-bond donors (Lipinski definition) is 0. The molecule has 0 N–H and O–H groups in total. The van der Waals surface area contributed by atoms with Gasteiger partial charge >= 0.3 is 0 Å². The summed E-state index contributed by atoms with van der Waals surface area (Å²) in [6.07, 6.45) is 2.34. The smallest absolute Gasteiger partial charge is 0.133 e. The third-order valence-electron chi connectivity index (χ3n) is 2.90. The quantitative estimate of drug-likeness (QED) is 0.738. The van der Waals surface area contributed by atoms with Crippen LogP contribution in [0.15, 0.2) is 54.6 Å². The molecule has 2 aromatic carbocycles. The third kappa shape index (κ3) is 3.96. The highest BCUT2D eigenvalue weighted by molar-refractivity contribution is 6.31. The summed E-state index contributed by atoms with van der Waals surface area (Å²) in [5.74, 6) is 0.130. The zero-order valence-corrected chi connectivity index (χ0v) is 12.6. The molecule has 0 saturated heterocycles. The lowest BCUT2D eigenvalue weighted by atomic mass is 9.96. The van der Waals surface area contributed by atoms with Crippen LogP contribution in [0.1, 0.15) is 24.5 Å². The van der Waals surface area contributed by atoms with Crippen molar-refractivity contribution in [3.63, 3.8) is 0 Å². The predicted molar refractivity (Wildman–Crippen MR) is 85.3 cm³/mol. The van der Waals surface area contributed by atoms with E-state index in [1.165, 1.54) is 0 Å². The highest BCUT2D eigenvalue weighted by atomic mass is 35.5. The van der Waals surface area contributed by atoms with Crippen molar-refractivity contribution in [3.8, 4) is 0 Å². The molecule has 0 spiro atoms.